The van der Waals surface area contributed by atoms with Crippen LogP contribution >= 0.6 is 0 Å². The van der Waals surface area contributed by atoms with Crippen LogP contribution in [0, 0.1) is 0 Å². The molecule has 1 fully saturated rings. The van der Waals surface area contributed by atoms with E-state index in [1.165, 1.54) is 14.2 Å². The molecule has 0 aromatic heterocycles. The molecule has 1 aliphatic rings. The SMILES string of the molecule is COC1OC(C)[N+](C)(OC)C(O)C1N. The molecule has 1 saturated heterocycles. The predicted molar refractivity (Wildman–Crippen MR) is 48.5 cm³/mol. The second-order valence-corrected chi connectivity index (χ2v) is 3.57. The number of likely N-dealkylation sites (N-methyl/N-ethyl adjacent to an activating group) is 1. The van der Waals surface area contributed by atoms with Crippen molar-refractivity contribution in [1.82, 2.24) is 0 Å². The van der Waals surface area contributed by atoms with Crippen LogP contribution in [0.1, 0.15) is 6.92 Å². The highest BCUT2D eigenvalue weighted by molar-refractivity contribution is 4.72. The maximum absolute atomic E-state index is 9.93. The lowest BCUT2D eigenvalue weighted by atomic mass is 10.2. The predicted octanol–water partition coefficient (Wildman–Crippen LogP) is -1.01. The first-order valence-electron chi connectivity index (χ1n) is 4.51. The average Bonchev–Trinajstić information content (AvgIpc) is 2.20. The number of rotatable bonds is 2. The molecule has 0 spiro atoms. The largest absolute Gasteiger partial charge is 0.354 e. The van der Waals surface area contributed by atoms with Crippen molar-refractivity contribution in [2.45, 2.75) is 31.7 Å². The number of nitrogens with zero attached hydrogens (tertiary/aromatic N) is 1. The third-order valence-electron chi connectivity index (χ3n) is 2.86. The molecule has 5 unspecified atom stereocenters. The maximum Gasteiger partial charge on any atom is 0.243 e. The standard InChI is InChI=1S/C8H19N2O4/c1-5-10(2,13-4)7(11)6(9)8(12-3)14-5/h5-8,11H,9H2,1-4H3/q+1. The van der Waals surface area contributed by atoms with Gasteiger partial charge in [-0.25, -0.2) is 4.84 Å². The van der Waals surface area contributed by atoms with E-state index < -0.39 is 18.6 Å². The van der Waals surface area contributed by atoms with Crippen molar-refractivity contribution in [3.05, 3.63) is 0 Å². The first-order valence-corrected chi connectivity index (χ1v) is 4.51. The minimum Gasteiger partial charge on any atom is -0.354 e. The first-order chi connectivity index (χ1) is 6.47. The summed E-state index contributed by atoms with van der Waals surface area (Å²) in [6, 6.07) is -0.624. The topological polar surface area (TPSA) is 73.9 Å². The van der Waals surface area contributed by atoms with Gasteiger partial charge in [0.05, 0.1) is 7.11 Å². The highest BCUT2D eigenvalue weighted by Gasteiger charge is 2.51. The van der Waals surface area contributed by atoms with Crippen LogP contribution in [0.3, 0.4) is 0 Å². The van der Waals surface area contributed by atoms with Gasteiger partial charge < -0.3 is 15.6 Å². The summed E-state index contributed by atoms with van der Waals surface area (Å²) in [5, 5.41) is 9.93. The molecule has 0 radical (unpaired) electrons. The fourth-order valence-electron chi connectivity index (χ4n) is 1.57. The van der Waals surface area contributed by atoms with Gasteiger partial charge in [0, 0.05) is 14.0 Å². The molecule has 1 rings (SSSR count). The van der Waals surface area contributed by atoms with Crippen molar-refractivity contribution < 1.29 is 24.1 Å². The second-order valence-electron chi connectivity index (χ2n) is 3.57. The molecule has 1 aliphatic heterocycles. The number of aliphatic hydroxyl groups excluding tert-OH is 1. The molecule has 3 N–H and O–H groups in total. The summed E-state index contributed by atoms with van der Waals surface area (Å²) in [6.07, 6.45) is -1.80. The van der Waals surface area contributed by atoms with E-state index in [1.807, 2.05) is 0 Å². The Labute approximate surface area is 83.7 Å². The summed E-state index contributed by atoms with van der Waals surface area (Å²) >= 11 is 0. The van der Waals surface area contributed by atoms with E-state index in [9.17, 15) is 5.11 Å². The van der Waals surface area contributed by atoms with Crippen LogP contribution in [-0.2, 0) is 14.3 Å². The Morgan fingerprint density at radius 1 is 1.43 bits per heavy atom. The summed E-state index contributed by atoms with van der Waals surface area (Å²) in [5.41, 5.74) is 5.75. The Kier molecular flexibility index (Phi) is 3.46. The second kappa shape index (κ2) is 4.09. The fourth-order valence-corrected chi connectivity index (χ4v) is 1.57. The van der Waals surface area contributed by atoms with Gasteiger partial charge in [0.25, 0.3) is 0 Å². The number of methoxy groups -OCH3 is 1. The van der Waals surface area contributed by atoms with E-state index in [4.69, 9.17) is 20.0 Å². The van der Waals surface area contributed by atoms with Gasteiger partial charge in [-0.15, -0.1) is 4.65 Å². The number of hydroxylamine groups is 3. The van der Waals surface area contributed by atoms with Crippen molar-refractivity contribution in [3.8, 4) is 0 Å². The molecule has 0 aromatic carbocycles. The van der Waals surface area contributed by atoms with E-state index in [0.717, 1.165) is 0 Å². The zero-order valence-corrected chi connectivity index (χ0v) is 9.01. The van der Waals surface area contributed by atoms with Crippen LogP contribution < -0.4 is 5.73 Å². The van der Waals surface area contributed by atoms with Gasteiger partial charge in [-0.3, -0.25) is 4.74 Å². The van der Waals surface area contributed by atoms with Crippen LogP contribution in [0.4, 0.5) is 0 Å². The number of nitrogens with two attached hydrogens (primary N) is 1. The van der Waals surface area contributed by atoms with Gasteiger partial charge in [-0.05, 0) is 0 Å². The molecule has 0 aromatic rings. The van der Waals surface area contributed by atoms with E-state index in [-0.39, 0.29) is 10.9 Å². The van der Waals surface area contributed by atoms with Gasteiger partial charge in [0.2, 0.25) is 12.5 Å². The van der Waals surface area contributed by atoms with Crippen molar-refractivity contribution in [2.24, 2.45) is 5.73 Å². The zero-order chi connectivity index (χ0) is 10.9. The Morgan fingerprint density at radius 2 is 2.00 bits per heavy atom. The van der Waals surface area contributed by atoms with Crippen molar-refractivity contribution in [1.29, 1.82) is 0 Å². The van der Waals surface area contributed by atoms with Crippen LogP contribution in [0.5, 0.6) is 0 Å². The van der Waals surface area contributed by atoms with Crippen LogP contribution in [0.15, 0.2) is 0 Å². The van der Waals surface area contributed by atoms with Crippen molar-refractivity contribution >= 4 is 0 Å². The molecular weight excluding hydrogens is 188 g/mol. The third-order valence-corrected chi connectivity index (χ3v) is 2.86. The maximum atomic E-state index is 9.93. The molecule has 0 aliphatic carbocycles. The minimum atomic E-state index is -0.867. The third kappa shape index (κ3) is 1.65. The van der Waals surface area contributed by atoms with E-state index in [0.29, 0.717) is 0 Å². The Morgan fingerprint density at radius 3 is 2.43 bits per heavy atom. The number of ether oxygens (including phenoxy) is 2. The summed E-state index contributed by atoms with van der Waals surface area (Å²) in [7, 11) is 4.70. The van der Waals surface area contributed by atoms with Gasteiger partial charge in [-0.1, -0.05) is 0 Å². The van der Waals surface area contributed by atoms with Crippen LogP contribution in [0.25, 0.3) is 0 Å². The summed E-state index contributed by atoms with van der Waals surface area (Å²) in [5.74, 6) is 0. The molecule has 5 atom stereocenters. The smallest absolute Gasteiger partial charge is 0.243 e. The van der Waals surface area contributed by atoms with E-state index >= 15 is 0 Å². The molecular formula is C8H19N2O4+. The van der Waals surface area contributed by atoms with Gasteiger partial charge in [0.1, 0.15) is 13.1 Å². The Balaban J connectivity index is 2.84. The van der Waals surface area contributed by atoms with Gasteiger partial charge in [-0.2, -0.15) is 0 Å². The van der Waals surface area contributed by atoms with Crippen LogP contribution in [0.2, 0.25) is 0 Å². The lowest BCUT2D eigenvalue weighted by Crippen LogP contribution is -2.71. The quantitative estimate of drug-likeness (QED) is 0.567. The van der Waals surface area contributed by atoms with E-state index in [1.54, 1.807) is 14.0 Å². The molecule has 0 saturated carbocycles. The monoisotopic (exact) mass is 207 g/mol. The van der Waals surface area contributed by atoms with Crippen molar-refractivity contribution in [3.63, 3.8) is 0 Å². The van der Waals surface area contributed by atoms with Crippen molar-refractivity contribution in [2.75, 3.05) is 21.3 Å². The molecule has 0 bridgehead atoms. The van der Waals surface area contributed by atoms with E-state index in [2.05, 4.69) is 0 Å². The molecule has 14 heavy (non-hydrogen) atoms. The van der Waals surface area contributed by atoms with Crippen LogP contribution in [-0.4, -0.2) is 55.8 Å². The lowest BCUT2D eigenvalue weighted by molar-refractivity contribution is -1.16. The molecule has 84 valence electrons. The number of hydrogen-bond donors (Lipinski definition) is 2. The zero-order valence-electron chi connectivity index (χ0n) is 9.01. The van der Waals surface area contributed by atoms with Gasteiger partial charge in [0.15, 0.2) is 6.29 Å². The molecule has 6 nitrogen and oxygen atoms in total. The fraction of sp³-hybridized carbons (Fsp3) is 1.00. The average molecular weight is 207 g/mol. The Bertz CT molecular complexity index is 204. The van der Waals surface area contributed by atoms with Gasteiger partial charge >= 0.3 is 0 Å². The summed E-state index contributed by atoms with van der Waals surface area (Å²) in [4.78, 5) is 5.19. The number of hydrogen-bond acceptors (Lipinski definition) is 5. The molecule has 1 heterocycles. The number of quaternary nitrogens is 1. The Hall–Kier alpha value is -0.240. The highest BCUT2D eigenvalue weighted by Crippen LogP contribution is 2.26. The summed E-state index contributed by atoms with van der Waals surface area (Å²) in [6.45, 7) is 1.80. The number of aliphatic hydroxyl groups is 1. The highest BCUT2D eigenvalue weighted by atomic mass is 16.8. The normalized spacial score (nSPS) is 49.3. The molecule has 0 amide bonds. The molecule has 6 heteroatoms. The lowest BCUT2D eigenvalue weighted by Gasteiger charge is -2.46. The first kappa shape index (κ1) is 11.8. The minimum absolute atomic E-state index is 0.0962. The summed E-state index contributed by atoms with van der Waals surface area (Å²) < 4.78 is 10.4.